The second-order valence-electron chi connectivity index (χ2n) is 4.25. The van der Waals surface area contributed by atoms with Gasteiger partial charge in [-0.05, 0) is 19.1 Å². The van der Waals surface area contributed by atoms with Crippen molar-refractivity contribution in [2.45, 2.75) is 18.4 Å². The van der Waals surface area contributed by atoms with Gasteiger partial charge in [-0.25, -0.2) is 12.8 Å². The zero-order valence-corrected chi connectivity index (χ0v) is 11.7. The molecule has 0 aliphatic rings. The molecule has 1 aromatic heterocycles. The first-order chi connectivity index (χ1) is 9.44. The van der Waals surface area contributed by atoms with Gasteiger partial charge in [0, 0.05) is 18.3 Å². The Balaban J connectivity index is 2.28. The normalized spacial score (nSPS) is 11.6. The van der Waals surface area contributed by atoms with E-state index in [1.807, 2.05) is 0 Å². The van der Waals surface area contributed by atoms with Crippen LogP contribution in [0.3, 0.4) is 0 Å². The summed E-state index contributed by atoms with van der Waals surface area (Å²) in [7, 11) is -3.79. The quantitative estimate of drug-likeness (QED) is 0.864. The molecule has 0 radical (unpaired) electrons. The first-order valence-corrected chi connectivity index (χ1v) is 7.43. The van der Waals surface area contributed by atoms with Gasteiger partial charge in [0.2, 0.25) is 0 Å². The molecular weight excluding hydrogens is 283 g/mol. The zero-order valence-electron chi connectivity index (χ0n) is 10.9. The number of rotatable bonds is 5. The molecule has 0 saturated carbocycles. The van der Waals surface area contributed by atoms with Gasteiger partial charge >= 0.3 is 0 Å². The van der Waals surface area contributed by atoms with Gasteiger partial charge in [0.15, 0.2) is 0 Å². The van der Waals surface area contributed by atoms with Crippen molar-refractivity contribution in [1.29, 1.82) is 0 Å². The van der Waals surface area contributed by atoms with Gasteiger partial charge < -0.3 is 5.73 Å². The predicted molar refractivity (Wildman–Crippen MR) is 73.2 cm³/mol. The molecule has 0 atom stereocenters. The van der Waals surface area contributed by atoms with Crippen LogP contribution in [0.2, 0.25) is 0 Å². The molecule has 0 amide bonds. The molecular formula is C12H15FN4O2S. The van der Waals surface area contributed by atoms with E-state index in [2.05, 4.69) is 9.82 Å². The Hall–Kier alpha value is -1.93. The molecule has 1 aromatic carbocycles. The molecule has 2 aromatic rings. The van der Waals surface area contributed by atoms with Gasteiger partial charge in [-0.2, -0.15) is 5.10 Å². The number of hydrogen-bond donors (Lipinski definition) is 2. The molecule has 0 spiro atoms. The highest BCUT2D eigenvalue weighted by Gasteiger charge is 2.18. The lowest BCUT2D eigenvalue weighted by atomic mass is 10.2. The Morgan fingerprint density at radius 1 is 1.45 bits per heavy atom. The highest BCUT2D eigenvalue weighted by atomic mass is 32.2. The van der Waals surface area contributed by atoms with Crippen molar-refractivity contribution in [3.05, 3.63) is 42.0 Å². The molecule has 8 heteroatoms. The Kier molecular flexibility index (Phi) is 4.05. The lowest BCUT2D eigenvalue weighted by Gasteiger charge is -2.09. The number of hydrogen-bond acceptors (Lipinski definition) is 4. The molecule has 0 aliphatic heterocycles. The van der Waals surface area contributed by atoms with Crippen molar-refractivity contribution in [3.8, 4) is 0 Å². The summed E-state index contributed by atoms with van der Waals surface area (Å²) in [6, 6.07) is 4.21. The molecule has 2 rings (SSSR count). The molecule has 3 N–H and O–H groups in total. The monoisotopic (exact) mass is 298 g/mol. The smallest absolute Gasteiger partial charge is 0.265 e. The number of nitrogens with two attached hydrogens (primary N) is 1. The molecule has 108 valence electrons. The lowest BCUT2D eigenvalue weighted by Crippen LogP contribution is -2.14. The standard InChI is InChI=1S/C12H15FN4O2S/c1-9-11(13)3-2-4-12(9)16-20(18,19)10-7-15-17(8-10)6-5-14/h2-4,7-8,16H,5-6,14H2,1H3. The molecule has 1 heterocycles. The number of nitrogens with zero attached hydrogens (tertiary/aromatic N) is 2. The summed E-state index contributed by atoms with van der Waals surface area (Å²) >= 11 is 0. The number of anilines is 1. The maximum Gasteiger partial charge on any atom is 0.265 e. The van der Waals surface area contributed by atoms with Crippen LogP contribution in [0.25, 0.3) is 0 Å². The van der Waals surface area contributed by atoms with Crippen LogP contribution in [0.5, 0.6) is 0 Å². The van der Waals surface area contributed by atoms with Crippen LogP contribution in [-0.4, -0.2) is 24.7 Å². The van der Waals surface area contributed by atoms with E-state index in [1.54, 1.807) is 0 Å². The van der Waals surface area contributed by atoms with E-state index in [0.29, 0.717) is 13.1 Å². The fourth-order valence-electron chi connectivity index (χ4n) is 1.66. The first-order valence-electron chi connectivity index (χ1n) is 5.94. The number of aromatic nitrogens is 2. The van der Waals surface area contributed by atoms with Crippen LogP contribution < -0.4 is 10.5 Å². The van der Waals surface area contributed by atoms with Gasteiger partial charge in [-0.1, -0.05) is 6.07 Å². The van der Waals surface area contributed by atoms with Crippen LogP contribution >= 0.6 is 0 Å². The number of halogens is 1. The lowest BCUT2D eigenvalue weighted by molar-refractivity contribution is 0.599. The van der Waals surface area contributed by atoms with Crippen LogP contribution in [0, 0.1) is 12.7 Å². The second-order valence-corrected chi connectivity index (χ2v) is 5.93. The van der Waals surface area contributed by atoms with Crippen molar-refractivity contribution in [2.24, 2.45) is 5.73 Å². The van der Waals surface area contributed by atoms with Crippen molar-refractivity contribution in [1.82, 2.24) is 9.78 Å². The predicted octanol–water partition coefficient (Wildman–Crippen LogP) is 1.09. The molecule has 0 saturated heterocycles. The summed E-state index contributed by atoms with van der Waals surface area (Å²) in [5.41, 5.74) is 5.82. The third-order valence-corrected chi connectivity index (χ3v) is 4.11. The Morgan fingerprint density at radius 2 is 2.20 bits per heavy atom. The van der Waals surface area contributed by atoms with E-state index in [9.17, 15) is 12.8 Å². The van der Waals surface area contributed by atoms with Gasteiger partial charge in [0.05, 0.1) is 18.4 Å². The second kappa shape index (κ2) is 5.59. The van der Waals surface area contributed by atoms with E-state index in [0.717, 1.165) is 0 Å². The minimum Gasteiger partial charge on any atom is -0.329 e. The fraction of sp³-hybridized carbons (Fsp3) is 0.250. The SMILES string of the molecule is Cc1c(F)cccc1NS(=O)(=O)c1cnn(CCN)c1. The van der Waals surface area contributed by atoms with Crippen LogP contribution in [0.1, 0.15) is 5.56 Å². The van der Waals surface area contributed by atoms with Gasteiger partial charge in [-0.3, -0.25) is 9.40 Å². The summed E-state index contributed by atoms with van der Waals surface area (Å²) < 4.78 is 41.5. The summed E-state index contributed by atoms with van der Waals surface area (Å²) in [5.74, 6) is -0.468. The molecule has 20 heavy (non-hydrogen) atoms. The maximum absolute atomic E-state index is 13.4. The van der Waals surface area contributed by atoms with Gasteiger partial charge in [0.1, 0.15) is 10.7 Å². The van der Waals surface area contributed by atoms with E-state index in [1.165, 1.54) is 42.2 Å². The van der Waals surface area contributed by atoms with E-state index >= 15 is 0 Å². The van der Waals surface area contributed by atoms with E-state index in [4.69, 9.17) is 5.73 Å². The van der Waals surface area contributed by atoms with Gasteiger partial charge in [-0.15, -0.1) is 0 Å². The van der Waals surface area contributed by atoms with Crippen LogP contribution in [0.4, 0.5) is 10.1 Å². The van der Waals surface area contributed by atoms with Crippen molar-refractivity contribution in [3.63, 3.8) is 0 Å². The fourth-order valence-corrected chi connectivity index (χ4v) is 2.73. The van der Waals surface area contributed by atoms with E-state index < -0.39 is 15.8 Å². The maximum atomic E-state index is 13.4. The van der Waals surface area contributed by atoms with Crippen molar-refractivity contribution >= 4 is 15.7 Å². The Morgan fingerprint density at radius 3 is 2.90 bits per heavy atom. The summed E-state index contributed by atoms with van der Waals surface area (Å²) in [5, 5.41) is 3.90. The third-order valence-electron chi connectivity index (χ3n) is 2.79. The molecule has 0 fully saturated rings. The first kappa shape index (κ1) is 14.5. The average molecular weight is 298 g/mol. The van der Waals surface area contributed by atoms with E-state index in [-0.39, 0.29) is 16.1 Å². The molecule has 0 aliphatic carbocycles. The zero-order chi connectivity index (χ0) is 14.8. The summed E-state index contributed by atoms with van der Waals surface area (Å²) in [4.78, 5) is 0.00890. The van der Waals surface area contributed by atoms with Crippen molar-refractivity contribution < 1.29 is 12.8 Å². The number of benzene rings is 1. The highest BCUT2D eigenvalue weighted by molar-refractivity contribution is 7.92. The van der Waals surface area contributed by atoms with Crippen LogP contribution in [0.15, 0.2) is 35.5 Å². The highest BCUT2D eigenvalue weighted by Crippen LogP contribution is 2.21. The molecule has 0 unspecified atom stereocenters. The topological polar surface area (TPSA) is 90.0 Å². The summed E-state index contributed by atoms with van der Waals surface area (Å²) in [6.07, 6.45) is 2.61. The minimum absolute atomic E-state index is 0.00890. The Labute approximate surface area is 116 Å². The van der Waals surface area contributed by atoms with Crippen molar-refractivity contribution in [2.75, 3.05) is 11.3 Å². The average Bonchev–Trinajstić information content (AvgIpc) is 2.85. The number of sulfonamides is 1. The van der Waals surface area contributed by atoms with Crippen LogP contribution in [-0.2, 0) is 16.6 Å². The third kappa shape index (κ3) is 2.97. The molecule has 0 bridgehead atoms. The Bertz CT molecular complexity index is 712. The largest absolute Gasteiger partial charge is 0.329 e. The molecule has 6 nitrogen and oxygen atoms in total. The minimum atomic E-state index is -3.79. The number of nitrogens with one attached hydrogen (secondary N) is 1. The van der Waals surface area contributed by atoms with Gasteiger partial charge in [0.25, 0.3) is 10.0 Å². The summed E-state index contributed by atoms with van der Waals surface area (Å²) in [6.45, 7) is 2.29.